The summed E-state index contributed by atoms with van der Waals surface area (Å²) in [4.78, 5) is 3.35. The monoisotopic (exact) mass is 357 g/mol. The molecule has 1 saturated heterocycles. The Bertz CT molecular complexity index is 983. The molecule has 0 radical (unpaired) electrons. The van der Waals surface area contributed by atoms with E-state index in [0.29, 0.717) is 12.8 Å². The van der Waals surface area contributed by atoms with Gasteiger partial charge in [0, 0.05) is 22.7 Å². The van der Waals surface area contributed by atoms with E-state index in [1.807, 2.05) is 19.9 Å². The van der Waals surface area contributed by atoms with Gasteiger partial charge in [-0.05, 0) is 54.0 Å². The number of sulfone groups is 1. The molecule has 2 atom stereocenters. The second kappa shape index (κ2) is 6.06. The summed E-state index contributed by atoms with van der Waals surface area (Å²) in [7, 11) is -2.97. The van der Waals surface area contributed by atoms with Crippen LogP contribution in [0.5, 0.6) is 0 Å². The molecule has 25 heavy (non-hydrogen) atoms. The number of nitrogens with one attached hydrogen (secondary N) is 1. The van der Waals surface area contributed by atoms with E-state index in [2.05, 4.69) is 29.4 Å². The standard InChI is InChI=1S/C20H23NO3S/c1-13(2)20-10-15(6-8-25(20,22)23)18-11-21-19-4-3-14(9-17(18)19)16-5-7-24-12-16/h3-5,7,9,11-13,15,20-21H,6,8,10H2,1-2H3. The normalized spacial score (nSPS) is 23.3. The van der Waals surface area contributed by atoms with Gasteiger partial charge in [-0.15, -0.1) is 0 Å². The molecule has 3 heterocycles. The largest absolute Gasteiger partial charge is 0.472 e. The predicted molar refractivity (Wildman–Crippen MR) is 100 cm³/mol. The molecule has 2 aromatic heterocycles. The molecule has 2 unspecified atom stereocenters. The maximum atomic E-state index is 12.4. The third-order valence-corrected chi connectivity index (χ3v) is 7.94. The van der Waals surface area contributed by atoms with Crippen LogP contribution < -0.4 is 0 Å². The maximum Gasteiger partial charge on any atom is 0.153 e. The first-order valence-corrected chi connectivity index (χ1v) is 10.5. The molecule has 1 aliphatic rings. The number of aromatic amines is 1. The molecule has 3 aromatic rings. The minimum Gasteiger partial charge on any atom is -0.472 e. The van der Waals surface area contributed by atoms with Gasteiger partial charge in [0.05, 0.1) is 23.5 Å². The first-order valence-electron chi connectivity index (χ1n) is 8.81. The average molecular weight is 357 g/mol. The molecule has 0 bridgehead atoms. The fourth-order valence-corrected chi connectivity index (χ4v) is 6.33. The van der Waals surface area contributed by atoms with Crippen molar-refractivity contribution in [3.05, 3.63) is 48.6 Å². The van der Waals surface area contributed by atoms with E-state index in [9.17, 15) is 8.42 Å². The highest BCUT2D eigenvalue weighted by atomic mass is 32.2. The summed E-state index contributed by atoms with van der Waals surface area (Å²) in [6.45, 7) is 4.02. The number of furan rings is 1. The zero-order valence-electron chi connectivity index (χ0n) is 14.5. The first kappa shape index (κ1) is 16.5. The molecule has 4 rings (SSSR count). The Labute approximate surface area is 148 Å². The summed E-state index contributed by atoms with van der Waals surface area (Å²) in [5.74, 6) is 0.720. The SMILES string of the molecule is CC(C)C1CC(c2c[nH]c3ccc(-c4ccoc4)cc23)CCS1(=O)=O. The van der Waals surface area contributed by atoms with Crippen LogP contribution >= 0.6 is 0 Å². The molecule has 0 spiro atoms. The zero-order valence-corrected chi connectivity index (χ0v) is 15.3. The van der Waals surface area contributed by atoms with Gasteiger partial charge in [-0.2, -0.15) is 0 Å². The lowest BCUT2D eigenvalue weighted by Gasteiger charge is -2.31. The number of fused-ring (bicyclic) bond motifs is 1. The fraction of sp³-hybridized carbons (Fsp3) is 0.400. The van der Waals surface area contributed by atoms with Crippen molar-refractivity contribution in [3.8, 4) is 11.1 Å². The van der Waals surface area contributed by atoms with E-state index in [1.54, 1.807) is 12.5 Å². The lowest BCUT2D eigenvalue weighted by atomic mass is 9.88. The van der Waals surface area contributed by atoms with Crippen molar-refractivity contribution in [2.24, 2.45) is 5.92 Å². The first-order chi connectivity index (χ1) is 12.0. The van der Waals surface area contributed by atoms with Gasteiger partial charge in [-0.25, -0.2) is 8.42 Å². The van der Waals surface area contributed by atoms with E-state index >= 15 is 0 Å². The third-order valence-electron chi connectivity index (χ3n) is 5.48. The topological polar surface area (TPSA) is 63.1 Å². The summed E-state index contributed by atoms with van der Waals surface area (Å²) >= 11 is 0. The Kier molecular flexibility index (Phi) is 3.99. The van der Waals surface area contributed by atoms with E-state index in [4.69, 9.17) is 4.42 Å². The lowest BCUT2D eigenvalue weighted by molar-refractivity contribution is 0.449. The van der Waals surface area contributed by atoms with Gasteiger partial charge in [-0.3, -0.25) is 0 Å². The van der Waals surface area contributed by atoms with E-state index in [0.717, 1.165) is 16.6 Å². The highest BCUT2D eigenvalue weighted by Gasteiger charge is 2.37. The summed E-state index contributed by atoms with van der Waals surface area (Å²) < 4.78 is 30.0. The van der Waals surface area contributed by atoms with Crippen LogP contribution in [0.2, 0.25) is 0 Å². The molecule has 1 aliphatic heterocycles. The van der Waals surface area contributed by atoms with E-state index < -0.39 is 9.84 Å². The molecule has 1 aromatic carbocycles. The van der Waals surface area contributed by atoms with Crippen molar-refractivity contribution in [3.63, 3.8) is 0 Å². The Balaban J connectivity index is 1.73. The summed E-state index contributed by atoms with van der Waals surface area (Å²) in [6.07, 6.45) is 6.90. The fourth-order valence-electron chi connectivity index (χ4n) is 4.06. The van der Waals surface area contributed by atoms with Gasteiger partial charge in [0.2, 0.25) is 0 Å². The molecule has 5 heteroatoms. The van der Waals surface area contributed by atoms with Crippen LogP contribution in [0.25, 0.3) is 22.0 Å². The van der Waals surface area contributed by atoms with Crippen molar-refractivity contribution >= 4 is 20.7 Å². The maximum absolute atomic E-state index is 12.4. The highest BCUT2D eigenvalue weighted by Crippen LogP contribution is 2.39. The van der Waals surface area contributed by atoms with E-state index in [1.165, 1.54) is 10.9 Å². The van der Waals surface area contributed by atoms with Crippen LogP contribution in [0.3, 0.4) is 0 Å². The minimum absolute atomic E-state index is 0.152. The molecule has 1 fully saturated rings. The number of hydrogen-bond donors (Lipinski definition) is 1. The summed E-state index contributed by atoms with van der Waals surface area (Å²) in [6, 6.07) is 8.30. The van der Waals surface area contributed by atoms with Crippen LogP contribution in [0.4, 0.5) is 0 Å². The Hall–Kier alpha value is -2.01. The van der Waals surface area contributed by atoms with Crippen LogP contribution in [0, 0.1) is 5.92 Å². The average Bonchev–Trinajstić information content (AvgIpc) is 3.23. The Morgan fingerprint density at radius 3 is 2.76 bits per heavy atom. The van der Waals surface area contributed by atoms with E-state index in [-0.39, 0.29) is 22.8 Å². The van der Waals surface area contributed by atoms with Crippen LogP contribution in [-0.2, 0) is 9.84 Å². The number of rotatable bonds is 3. The van der Waals surface area contributed by atoms with Crippen LogP contribution in [-0.4, -0.2) is 24.4 Å². The molecular weight excluding hydrogens is 334 g/mol. The predicted octanol–water partition coefficient (Wildman–Crippen LogP) is 4.74. The molecule has 132 valence electrons. The highest BCUT2D eigenvalue weighted by molar-refractivity contribution is 7.92. The summed E-state index contributed by atoms with van der Waals surface area (Å²) in [5.41, 5.74) is 4.50. The molecular formula is C20H23NO3S. The molecule has 0 amide bonds. The quantitative estimate of drug-likeness (QED) is 0.736. The van der Waals surface area contributed by atoms with Crippen molar-refractivity contribution < 1.29 is 12.8 Å². The third kappa shape index (κ3) is 2.91. The van der Waals surface area contributed by atoms with Crippen molar-refractivity contribution in [2.75, 3.05) is 5.75 Å². The van der Waals surface area contributed by atoms with Gasteiger partial charge in [0.25, 0.3) is 0 Å². The number of aromatic nitrogens is 1. The molecule has 1 N–H and O–H groups in total. The molecule has 4 nitrogen and oxygen atoms in total. The summed E-state index contributed by atoms with van der Waals surface area (Å²) in [5, 5.41) is 0.943. The Morgan fingerprint density at radius 1 is 1.20 bits per heavy atom. The van der Waals surface area contributed by atoms with Crippen molar-refractivity contribution in [1.29, 1.82) is 0 Å². The second-order valence-corrected chi connectivity index (χ2v) is 9.73. The molecule has 0 aliphatic carbocycles. The molecule has 0 saturated carbocycles. The lowest BCUT2D eigenvalue weighted by Crippen LogP contribution is -2.35. The van der Waals surface area contributed by atoms with Gasteiger partial charge in [0.1, 0.15) is 0 Å². The van der Waals surface area contributed by atoms with Gasteiger partial charge in [-0.1, -0.05) is 19.9 Å². The second-order valence-electron chi connectivity index (χ2n) is 7.39. The van der Waals surface area contributed by atoms with Crippen LogP contribution in [0.1, 0.15) is 38.2 Å². The van der Waals surface area contributed by atoms with Crippen LogP contribution in [0.15, 0.2) is 47.4 Å². The van der Waals surface area contributed by atoms with Gasteiger partial charge < -0.3 is 9.40 Å². The Morgan fingerprint density at radius 2 is 2.04 bits per heavy atom. The van der Waals surface area contributed by atoms with Gasteiger partial charge >= 0.3 is 0 Å². The zero-order chi connectivity index (χ0) is 17.6. The van der Waals surface area contributed by atoms with Crippen molar-refractivity contribution in [2.45, 2.75) is 37.9 Å². The number of hydrogen-bond acceptors (Lipinski definition) is 3. The van der Waals surface area contributed by atoms with Crippen molar-refractivity contribution in [1.82, 2.24) is 4.98 Å². The number of H-pyrrole nitrogens is 1. The number of benzene rings is 1. The smallest absolute Gasteiger partial charge is 0.153 e. The van der Waals surface area contributed by atoms with Gasteiger partial charge in [0.15, 0.2) is 9.84 Å². The minimum atomic E-state index is -2.97.